The summed E-state index contributed by atoms with van der Waals surface area (Å²) in [6.45, 7) is 17.4. The fraction of sp³-hybridized carbons (Fsp3) is 0.250. The Hall–Kier alpha value is -4.05. The molecule has 0 fully saturated rings. The molecule has 2 aromatic heterocycles. The summed E-state index contributed by atoms with van der Waals surface area (Å²) in [4.78, 5) is 9.09. The van der Waals surface area contributed by atoms with Crippen LogP contribution in [-0.2, 0) is 20.1 Å². The summed E-state index contributed by atoms with van der Waals surface area (Å²) in [6, 6.07) is 29.9. The van der Waals surface area contributed by atoms with E-state index in [1.54, 1.807) is 0 Å². The van der Waals surface area contributed by atoms with E-state index in [-0.39, 0.29) is 20.1 Å². The normalized spacial score (nSPS) is 11.4. The first-order chi connectivity index (χ1) is 21.2. The molecule has 0 saturated heterocycles. The number of rotatable bonds is 6. The molecule has 4 nitrogen and oxygen atoms in total. The van der Waals surface area contributed by atoms with E-state index in [1.165, 1.54) is 50.3 Å². The van der Waals surface area contributed by atoms with Crippen LogP contribution in [0.5, 0.6) is 0 Å². The number of hydrogen-bond donors (Lipinski definition) is 0. The molecule has 2 heterocycles. The van der Waals surface area contributed by atoms with E-state index in [4.69, 9.17) is 0 Å². The van der Waals surface area contributed by atoms with Crippen molar-refractivity contribution >= 4 is 0 Å². The van der Waals surface area contributed by atoms with Gasteiger partial charge in [0, 0.05) is 56.3 Å². The molecule has 0 N–H and O–H groups in total. The van der Waals surface area contributed by atoms with Crippen LogP contribution in [0.2, 0.25) is 0 Å². The smallest absolute Gasteiger partial charge is 0.0602 e. The SMILES string of the molecule is CCC(C)c1c[c-]c(-c2nccn2-c2c(C)cc(C)cc2C)cc1.Cc1cc(C)c(-n2ccnc2-c2[c-]cccc2)c(C)c1.[Ir]. The fourth-order valence-electron chi connectivity index (χ4n) is 6.12. The van der Waals surface area contributed by atoms with Gasteiger partial charge in [-0.05, 0) is 63.8 Å². The van der Waals surface area contributed by atoms with Crippen LogP contribution in [0.4, 0.5) is 0 Å². The molecule has 1 atom stereocenters. The molecular weight excluding hydrogens is 729 g/mol. The molecule has 6 rings (SSSR count). The van der Waals surface area contributed by atoms with Gasteiger partial charge in [-0.15, -0.1) is 71.3 Å². The average Bonchev–Trinajstić information content (AvgIpc) is 3.67. The van der Waals surface area contributed by atoms with Crippen molar-refractivity contribution < 1.29 is 20.1 Å². The second-order valence-electron chi connectivity index (χ2n) is 11.9. The number of benzene rings is 4. The predicted octanol–water partition coefficient (Wildman–Crippen LogP) is 10.0. The molecule has 0 bridgehead atoms. The summed E-state index contributed by atoms with van der Waals surface area (Å²) < 4.78 is 4.33. The van der Waals surface area contributed by atoms with Crippen LogP contribution in [0.3, 0.4) is 0 Å². The number of hydrogen-bond acceptors (Lipinski definition) is 2. The first kappa shape index (κ1) is 33.8. The molecule has 45 heavy (non-hydrogen) atoms. The number of imidazole rings is 2. The summed E-state index contributed by atoms with van der Waals surface area (Å²) in [5, 5.41) is 0. The molecule has 0 amide bonds. The van der Waals surface area contributed by atoms with Crippen molar-refractivity contribution in [1.82, 2.24) is 19.1 Å². The van der Waals surface area contributed by atoms with Gasteiger partial charge in [-0.25, -0.2) is 0 Å². The Bertz CT molecular complexity index is 1820. The molecule has 6 aromatic rings. The van der Waals surface area contributed by atoms with E-state index in [9.17, 15) is 0 Å². The Morgan fingerprint density at radius 2 is 1.16 bits per heavy atom. The van der Waals surface area contributed by atoms with Crippen molar-refractivity contribution in [2.75, 3.05) is 0 Å². The van der Waals surface area contributed by atoms with Crippen LogP contribution in [0.25, 0.3) is 34.2 Å². The maximum absolute atomic E-state index is 4.59. The second-order valence-corrected chi connectivity index (χ2v) is 11.9. The fourth-order valence-corrected chi connectivity index (χ4v) is 6.12. The van der Waals surface area contributed by atoms with Crippen molar-refractivity contribution in [2.24, 2.45) is 0 Å². The van der Waals surface area contributed by atoms with E-state index < -0.39 is 0 Å². The van der Waals surface area contributed by atoms with Crippen molar-refractivity contribution in [3.8, 4) is 34.2 Å². The topological polar surface area (TPSA) is 35.6 Å². The number of aryl methyl sites for hydroxylation is 6. The van der Waals surface area contributed by atoms with Crippen LogP contribution >= 0.6 is 0 Å². The first-order valence-corrected chi connectivity index (χ1v) is 15.4. The van der Waals surface area contributed by atoms with Crippen molar-refractivity contribution in [3.05, 3.63) is 143 Å². The quantitative estimate of drug-likeness (QED) is 0.158. The van der Waals surface area contributed by atoms with E-state index in [1.807, 2.05) is 49.1 Å². The molecule has 5 heteroatoms. The van der Waals surface area contributed by atoms with Gasteiger partial charge < -0.3 is 9.13 Å². The maximum Gasteiger partial charge on any atom is 0.0602 e. The Kier molecular flexibility index (Phi) is 11.1. The molecule has 4 aromatic carbocycles. The van der Waals surface area contributed by atoms with Gasteiger partial charge in [-0.3, -0.25) is 9.97 Å². The Balaban J connectivity index is 0.000000203. The van der Waals surface area contributed by atoms with Crippen molar-refractivity contribution in [2.45, 2.75) is 67.7 Å². The van der Waals surface area contributed by atoms with Crippen LogP contribution < -0.4 is 0 Å². The van der Waals surface area contributed by atoms with Crippen LogP contribution in [0, 0.1) is 53.7 Å². The van der Waals surface area contributed by atoms with Gasteiger partial charge in [0.1, 0.15) is 0 Å². The Morgan fingerprint density at radius 3 is 1.56 bits per heavy atom. The van der Waals surface area contributed by atoms with E-state index in [0.717, 1.165) is 29.2 Å². The van der Waals surface area contributed by atoms with Gasteiger partial charge in [0.2, 0.25) is 0 Å². The minimum absolute atomic E-state index is 0. The van der Waals surface area contributed by atoms with Gasteiger partial charge in [-0.2, -0.15) is 0 Å². The Labute approximate surface area is 282 Å². The largest absolute Gasteiger partial charge is 0.340 e. The predicted molar refractivity (Wildman–Crippen MR) is 183 cm³/mol. The molecular formula is C40H42IrN4-2. The zero-order valence-corrected chi connectivity index (χ0v) is 30.0. The van der Waals surface area contributed by atoms with Crippen LogP contribution in [-0.4, -0.2) is 19.1 Å². The summed E-state index contributed by atoms with van der Waals surface area (Å²) in [6.07, 6.45) is 8.90. The minimum Gasteiger partial charge on any atom is -0.340 e. The van der Waals surface area contributed by atoms with E-state index in [2.05, 4.69) is 129 Å². The van der Waals surface area contributed by atoms with E-state index >= 15 is 0 Å². The molecule has 0 saturated carbocycles. The van der Waals surface area contributed by atoms with Crippen LogP contribution in [0.15, 0.2) is 91.5 Å². The molecule has 0 aliphatic heterocycles. The average molecular weight is 771 g/mol. The van der Waals surface area contributed by atoms with Crippen LogP contribution in [0.1, 0.15) is 65.1 Å². The zero-order chi connectivity index (χ0) is 31.4. The zero-order valence-electron chi connectivity index (χ0n) is 27.6. The van der Waals surface area contributed by atoms with Gasteiger partial charge >= 0.3 is 0 Å². The third kappa shape index (κ3) is 7.44. The third-order valence-electron chi connectivity index (χ3n) is 8.24. The summed E-state index contributed by atoms with van der Waals surface area (Å²) in [7, 11) is 0. The van der Waals surface area contributed by atoms with Gasteiger partial charge in [-0.1, -0.05) is 61.6 Å². The Morgan fingerprint density at radius 1 is 0.667 bits per heavy atom. The molecule has 0 aliphatic carbocycles. The summed E-state index contributed by atoms with van der Waals surface area (Å²) >= 11 is 0. The van der Waals surface area contributed by atoms with Crippen molar-refractivity contribution in [1.29, 1.82) is 0 Å². The standard InChI is InChI=1S/C22H25N2.C18H17N2.Ir/c1-6-16(3)19-7-9-20(10-8-19)22-23-11-12-24(22)21-17(4)13-15(2)14-18(21)5;1-13-11-14(2)17(15(3)12-13)20-10-9-19-18(20)16-7-5-4-6-8-16;/h7-9,11-14,16H,6H2,1-5H3;4-7,9-12H,1-3H3;/q2*-1;. The van der Waals surface area contributed by atoms with Gasteiger partial charge in [0.25, 0.3) is 0 Å². The van der Waals surface area contributed by atoms with Gasteiger partial charge in [0.15, 0.2) is 0 Å². The second kappa shape index (κ2) is 14.8. The molecule has 233 valence electrons. The molecule has 1 unspecified atom stereocenters. The van der Waals surface area contributed by atoms with E-state index in [0.29, 0.717) is 5.92 Å². The molecule has 0 aliphatic rings. The minimum atomic E-state index is 0. The number of nitrogens with zero attached hydrogens (tertiary/aromatic N) is 4. The maximum atomic E-state index is 4.59. The van der Waals surface area contributed by atoms with Crippen molar-refractivity contribution in [3.63, 3.8) is 0 Å². The summed E-state index contributed by atoms with van der Waals surface area (Å²) in [5.74, 6) is 2.44. The number of aromatic nitrogens is 4. The monoisotopic (exact) mass is 771 g/mol. The molecule has 1 radical (unpaired) electrons. The third-order valence-corrected chi connectivity index (χ3v) is 8.24. The summed E-state index contributed by atoms with van der Waals surface area (Å²) in [5.41, 5.74) is 13.4. The first-order valence-electron chi connectivity index (χ1n) is 15.4. The van der Waals surface area contributed by atoms with Gasteiger partial charge in [0.05, 0.1) is 11.6 Å². The molecule has 0 spiro atoms.